The highest BCUT2D eigenvalue weighted by Gasteiger charge is 2.34. The van der Waals surface area contributed by atoms with E-state index in [1.807, 2.05) is 91.0 Å². The molecule has 5 rings (SSSR count). The van der Waals surface area contributed by atoms with Gasteiger partial charge in [0.15, 0.2) is 0 Å². The van der Waals surface area contributed by atoms with Crippen LogP contribution in [-0.4, -0.2) is 242 Å². The Morgan fingerprint density at radius 3 is 0.614 bits per heavy atom. The van der Waals surface area contributed by atoms with Gasteiger partial charge in [0.05, 0.1) is 52.9 Å². The van der Waals surface area contributed by atoms with Crippen LogP contribution in [0.3, 0.4) is 0 Å². The van der Waals surface area contributed by atoms with E-state index in [1.54, 1.807) is 0 Å². The van der Waals surface area contributed by atoms with E-state index >= 15 is 0 Å². The Hall–Kier alpha value is -11.7. The summed E-state index contributed by atoms with van der Waals surface area (Å²) in [5, 5.41) is 42.1. The Morgan fingerprint density at radius 2 is 0.433 bits per heavy atom. The number of unbranched alkanes of at least 4 members (excludes halogenated alkanes) is 7. The molecule has 0 unspecified atom stereocenters. The van der Waals surface area contributed by atoms with Crippen LogP contribution in [0.5, 0.6) is 0 Å². The van der Waals surface area contributed by atoms with Gasteiger partial charge in [-0.1, -0.05) is 98.4 Å². The molecule has 2 saturated heterocycles. The number of benzene rings is 3. The third-order valence-corrected chi connectivity index (χ3v) is 16.5. The van der Waals surface area contributed by atoms with Crippen LogP contribution >= 0.6 is 0 Å². The van der Waals surface area contributed by atoms with Crippen molar-refractivity contribution in [3.05, 3.63) is 108 Å². The number of hydrogen-bond donors (Lipinski definition) is 5. The lowest BCUT2D eigenvalue weighted by Crippen LogP contribution is -2.31. The number of ether oxygens (including phenoxy) is 13. The summed E-state index contributed by atoms with van der Waals surface area (Å²) in [6.45, 7) is 1.96. The van der Waals surface area contributed by atoms with Crippen LogP contribution in [-0.2, 0) is 177 Å². The summed E-state index contributed by atoms with van der Waals surface area (Å²) in [6.07, 6.45) is 8.20. The van der Waals surface area contributed by atoms with Crippen molar-refractivity contribution in [2.24, 2.45) is 0 Å². The van der Waals surface area contributed by atoms with Crippen LogP contribution in [0.15, 0.2) is 91.0 Å². The minimum Gasteiger partial charge on any atom is -0.481 e. The number of carbonyl (C=O) groups is 18. The summed E-state index contributed by atoms with van der Waals surface area (Å²) >= 11 is 0. The number of aliphatic carboxylic acids is 3. The van der Waals surface area contributed by atoms with Crippen molar-refractivity contribution in [2.75, 3.05) is 99.3 Å². The van der Waals surface area contributed by atoms with Crippen molar-refractivity contribution in [3.8, 4) is 0 Å². The Morgan fingerprint density at radius 1 is 0.244 bits per heavy atom. The molecule has 2 heterocycles. The molecular weight excluding hydrogens is 1680 g/mol. The van der Waals surface area contributed by atoms with E-state index in [-0.39, 0.29) is 272 Å². The first-order valence-corrected chi connectivity index (χ1v) is 41.5. The monoisotopic (exact) mass is 1800 g/mol. The molecule has 0 radical (unpaired) electrons. The zero-order valence-corrected chi connectivity index (χ0v) is 71.1. The smallest absolute Gasteiger partial charge is 0.333 e. The molecule has 40 heteroatoms. The van der Waals surface area contributed by atoms with Gasteiger partial charge in [-0.05, 0) is 107 Å². The predicted molar refractivity (Wildman–Crippen MR) is 440 cm³/mol. The first-order valence-electron chi connectivity index (χ1n) is 41.5. The standard InChI is InChI=1S/C30H38O9.C24H32N2O13.C16H26O9.C13H16O4.C3H8O3.CH4/c31-27(15-7-9-17-29(33)38-23-25-11-3-1-4-12-25)36-21-19-35-20-22-37-28(32)16-8-10-18-30(34)39-24-26-13-5-2-6-14-26;27-17-9-10-18(28)25(17)38-23(33)7-3-1-5-21(31)36-15-13-35-14-16-37-22(32)6-2-4-8-24(34)39-26-19(29)11-12-20(26)30;17-13(18)5-1-3-7-15(21)24-11-9-23-10-12-25-16(22)8-4-2-6-14(19)20;14-12(15)8-4-5-9-13(16)17-10-11-6-2-1-3-7-11;4-1-2-6-3-5;/h1-6,11-14H,7-10,15-24H2;1-16H2;1-12H2,(H,17,18)(H,19,20);1-3,6-7H,4-5,8-10H2,(H,14,15);4-5H,1-3H2;1H4. The van der Waals surface area contributed by atoms with Gasteiger partial charge in [0, 0.05) is 116 Å². The first kappa shape index (κ1) is 115. The molecule has 3 aromatic rings. The molecule has 2 aliphatic rings. The van der Waals surface area contributed by atoms with Gasteiger partial charge in [-0.15, -0.1) is 10.1 Å². The predicted octanol–water partition coefficient (Wildman–Crippen LogP) is 8.46. The molecule has 2 aliphatic heterocycles. The minimum atomic E-state index is -0.886. The van der Waals surface area contributed by atoms with Crippen LogP contribution in [0, 0.1) is 0 Å². The lowest BCUT2D eigenvalue weighted by atomic mass is 10.2. The van der Waals surface area contributed by atoms with E-state index in [9.17, 15) is 86.3 Å². The van der Waals surface area contributed by atoms with Gasteiger partial charge in [-0.25, -0.2) is 9.59 Å². The molecule has 4 amide bonds. The van der Waals surface area contributed by atoms with Crippen LogP contribution in [0.4, 0.5) is 0 Å². The molecule has 3 aromatic carbocycles. The molecule has 0 aliphatic carbocycles. The van der Waals surface area contributed by atoms with E-state index in [0.717, 1.165) is 16.7 Å². The number of rotatable bonds is 64. The zero-order valence-electron chi connectivity index (χ0n) is 71.1. The zero-order chi connectivity index (χ0) is 92.8. The normalized spacial score (nSPS) is 11.6. The topological polar surface area (TPSA) is 553 Å². The number of carboxylic acids is 3. The van der Waals surface area contributed by atoms with Crippen LogP contribution in [0.25, 0.3) is 0 Å². The fourth-order valence-corrected chi connectivity index (χ4v) is 9.99. The average molecular weight is 1810 g/mol. The molecule has 0 spiro atoms. The van der Waals surface area contributed by atoms with Crippen molar-refractivity contribution in [3.63, 3.8) is 0 Å². The summed E-state index contributed by atoms with van der Waals surface area (Å²) < 4.78 is 65.3. The molecular formula is C87H124N2O38. The van der Waals surface area contributed by atoms with Crippen LogP contribution in [0.1, 0.15) is 230 Å². The molecule has 710 valence electrons. The second kappa shape index (κ2) is 77.8. The SMILES string of the molecule is C.O=C(CCCCC(=O)OCc1ccccc1)OCCOCCOC(=O)CCCCC(=O)OCc1ccccc1.O=C(CCCCC(=O)ON1C(=O)CCC1=O)OCCOCCOC(=O)CCCCC(=O)ON1C(=O)CCC1=O.O=C(O)CCCCC(=O)OCCOCCOC(=O)CCCCC(=O)O.O=C(O)CCCCC(=O)OCc1ccccc1.OCCOCO. The van der Waals surface area contributed by atoms with Gasteiger partial charge in [-0.2, -0.15) is 0 Å². The van der Waals surface area contributed by atoms with Crippen molar-refractivity contribution in [1.29, 1.82) is 0 Å². The summed E-state index contributed by atoms with van der Waals surface area (Å²) in [7, 11) is 0. The Kier molecular flexibility index (Phi) is 70.6. The highest BCUT2D eigenvalue weighted by atomic mass is 16.7. The van der Waals surface area contributed by atoms with Crippen LogP contribution in [0.2, 0.25) is 0 Å². The summed E-state index contributed by atoms with van der Waals surface area (Å²) in [4.78, 5) is 213. The number of aliphatic hydroxyl groups is 2. The second-order valence-electron chi connectivity index (χ2n) is 27.1. The molecule has 5 N–H and O–H groups in total. The number of imide groups is 2. The molecule has 0 aromatic heterocycles. The molecule has 0 bridgehead atoms. The number of carboxylic acid groups (broad SMARTS) is 3. The van der Waals surface area contributed by atoms with E-state index < -0.39 is 77.4 Å². The lowest BCUT2D eigenvalue weighted by Gasteiger charge is -2.12. The fraction of sp³-hybridized carbons (Fsp3) is 0.586. The lowest BCUT2D eigenvalue weighted by molar-refractivity contribution is -0.197. The van der Waals surface area contributed by atoms with E-state index in [4.69, 9.17) is 92.1 Å². The molecule has 40 nitrogen and oxygen atoms in total. The summed E-state index contributed by atoms with van der Waals surface area (Å²) in [6, 6.07) is 28.3. The third-order valence-electron chi connectivity index (χ3n) is 16.5. The largest absolute Gasteiger partial charge is 0.481 e. The highest BCUT2D eigenvalue weighted by molar-refractivity contribution is 6.02. The van der Waals surface area contributed by atoms with Gasteiger partial charge in [0.2, 0.25) is 0 Å². The van der Waals surface area contributed by atoms with Gasteiger partial charge in [0.25, 0.3) is 23.6 Å². The molecule has 0 atom stereocenters. The van der Waals surface area contributed by atoms with E-state index in [2.05, 4.69) is 4.74 Å². The number of hydrogen-bond acceptors (Lipinski definition) is 35. The maximum Gasteiger partial charge on any atom is 0.333 e. The Labute approximate surface area is 737 Å². The van der Waals surface area contributed by atoms with Crippen molar-refractivity contribution in [2.45, 2.75) is 233 Å². The number of aliphatic hydroxyl groups excluding tert-OH is 2. The van der Waals surface area contributed by atoms with Gasteiger partial charge in [-0.3, -0.25) is 76.7 Å². The number of hydroxylamine groups is 4. The van der Waals surface area contributed by atoms with Crippen molar-refractivity contribution < 1.29 is 183 Å². The Bertz CT molecular complexity index is 3450. The van der Waals surface area contributed by atoms with Gasteiger partial charge < -0.3 is 96.8 Å². The fourth-order valence-electron chi connectivity index (χ4n) is 9.99. The third kappa shape index (κ3) is 70.2. The van der Waals surface area contributed by atoms with E-state index in [1.165, 1.54) is 0 Å². The number of amides is 4. The molecule has 127 heavy (non-hydrogen) atoms. The van der Waals surface area contributed by atoms with Crippen molar-refractivity contribution in [1.82, 2.24) is 10.1 Å². The molecule has 0 saturated carbocycles. The van der Waals surface area contributed by atoms with Crippen molar-refractivity contribution >= 4 is 107 Å². The Balaban J connectivity index is 0.00000169. The minimum absolute atomic E-state index is 0. The number of nitrogens with zero attached hydrogens (tertiary/aromatic N) is 2. The average Bonchev–Trinajstić information content (AvgIpc) is 1.74. The second-order valence-corrected chi connectivity index (χ2v) is 27.1. The summed E-state index contributed by atoms with van der Waals surface area (Å²) in [5.74, 6) is -9.60. The number of carbonyl (C=O) groups excluding carboxylic acids is 15. The quantitative estimate of drug-likeness (QED) is 0.0116. The number of esters is 9. The van der Waals surface area contributed by atoms with Gasteiger partial charge >= 0.3 is 83.6 Å². The maximum absolute atomic E-state index is 11.8. The van der Waals surface area contributed by atoms with E-state index in [0.29, 0.717) is 100 Å². The summed E-state index contributed by atoms with van der Waals surface area (Å²) in [5.41, 5.74) is 2.81. The van der Waals surface area contributed by atoms with Crippen LogP contribution < -0.4 is 0 Å². The maximum atomic E-state index is 11.8. The first-order chi connectivity index (χ1) is 60.7. The molecule has 2 fully saturated rings. The van der Waals surface area contributed by atoms with Gasteiger partial charge in [0.1, 0.15) is 66.3 Å². The highest BCUT2D eigenvalue weighted by Crippen LogP contribution is 2.17.